The van der Waals surface area contributed by atoms with Gasteiger partial charge in [-0.2, -0.15) is 4.91 Å². The van der Waals surface area contributed by atoms with Crippen LogP contribution in [0.1, 0.15) is 40.5 Å². The highest BCUT2D eigenvalue weighted by molar-refractivity contribution is 4.63. The molecule has 0 fully saturated rings. The quantitative estimate of drug-likeness (QED) is 0.563. The zero-order chi connectivity index (χ0) is 9.56. The van der Waals surface area contributed by atoms with E-state index in [4.69, 9.17) is 0 Å². The summed E-state index contributed by atoms with van der Waals surface area (Å²) in [5.74, 6) is 2.14. The highest BCUT2D eigenvalue weighted by Gasteiger charge is 2.11. The number of nitrogens with zero attached hydrogens (tertiary/aromatic N) is 1. The van der Waals surface area contributed by atoms with Gasteiger partial charge in [-0.3, -0.25) is 0 Å². The van der Waals surface area contributed by atoms with Crippen molar-refractivity contribution in [2.75, 3.05) is 6.54 Å². The minimum absolute atomic E-state index is 0.478. The van der Waals surface area contributed by atoms with Gasteiger partial charge in [-0.05, 0) is 30.6 Å². The maximum absolute atomic E-state index is 9.88. The summed E-state index contributed by atoms with van der Waals surface area (Å²) in [4.78, 5) is 9.88. The Hall–Kier alpha value is -0.400. The molecule has 0 spiro atoms. The van der Waals surface area contributed by atoms with E-state index in [2.05, 4.69) is 32.9 Å². The lowest BCUT2D eigenvalue weighted by Crippen LogP contribution is -2.09. The maximum Gasteiger partial charge on any atom is 0.0813 e. The average Bonchev–Trinajstić information content (AvgIpc) is 2.00. The average molecular weight is 171 g/mol. The van der Waals surface area contributed by atoms with Gasteiger partial charge in [0, 0.05) is 0 Å². The molecule has 0 bridgehead atoms. The van der Waals surface area contributed by atoms with Gasteiger partial charge in [0.2, 0.25) is 0 Å². The first-order chi connectivity index (χ1) is 5.57. The first-order valence-corrected chi connectivity index (χ1v) is 4.87. The van der Waals surface area contributed by atoms with Gasteiger partial charge in [0.15, 0.2) is 0 Å². The Morgan fingerprint density at radius 2 is 1.75 bits per heavy atom. The third kappa shape index (κ3) is 5.28. The minimum atomic E-state index is 0.478. The summed E-state index contributed by atoms with van der Waals surface area (Å²) in [6.45, 7) is 9.44. The largest absolute Gasteiger partial charge is 0.151 e. The third-order valence-corrected chi connectivity index (χ3v) is 2.63. The van der Waals surface area contributed by atoms with E-state index in [0.717, 1.165) is 18.3 Å². The summed E-state index contributed by atoms with van der Waals surface area (Å²) >= 11 is 0. The van der Waals surface area contributed by atoms with Crippen LogP contribution in [0.15, 0.2) is 5.18 Å². The molecule has 2 heteroatoms. The molecule has 0 radical (unpaired) electrons. The van der Waals surface area contributed by atoms with Crippen molar-refractivity contribution in [2.45, 2.75) is 40.5 Å². The predicted octanol–water partition coefficient (Wildman–Crippen LogP) is 3.46. The van der Waals surface area contributed by atoms with Crippen molar-refractivity contribution in [3.8, 4) is 0 Å². The Labute approximate surface area is 75.7 Å². The van der Waals surface area contributed by atoms with Crippen LogP contribution in [0, 0.1) is 22.7 Å². The van der Waals surface area contributed by atoms with E-state index >= 15 is 0 Å². The van der Waals surface area contributed by atoms with Crippen LogP contribution in [-0.4, -0.2) is 6.54 Å². The van der Waals surface area contributed by atoms with E-state index in [1.54, 1.807) is 0 Å². The van der Waals surface area contributed by atoms with Crippen LogP contribution in [0.4, 0.5) is 0 Å². The Balaban J connectivity index is 3.53. The molecule has 0 amide bonds. The second-order valence-corrected chi connectivity index (χ2v) is 4.20. The van der Waals surface area contributed by atoms with Crippen molar-refractivity contribution in [3.05, 3.63) is 4.91 Å². The van der Waals surface area contributed by atoms with E-state index in [0.29, 0.717) is 12.5 Å². The molecule has 0 rings (SSSR count). The van der Waals surface area contributed by atoms with Gasteiger partial charge < -0.3 is 0 Å². The molecular weight excluding hydrogens is 150 g/mol. The van der Waals surface area contributed by atoms with Crippen LogP contribution in [-0.2, 0) is 0 Å². The van der Waals surface area contributed by atoms with Gasteiger partial charge >= 0.3 is 0 Å². The fourth-order valence-corrected chi connectivity index (χ4v) is 1.30. The molecule has 0 aliphatic rings. The minimum Gasteiger partial charge on any atom is -0.151 e. The molecule has 0 aliphatic heterocycles. The summed E-state index contributed by atoms with van der Waals surface area (Å²) in [7, 11) is 0. The topological polar surface area (TPSA) is 29.4 Å². The molecule has 72 valence electrons. The van der Waals surface area contributed by atoms with Gasteiger partial charge in [0.25, 0.3) is 0 Å². The molecule has 12 heavy (non-hydrogen) atoms. The van der Waals surface area contributed by atoms with Gasteiger partial charge in [-0.25, -0.2) is 0 Å². The summed E-state index contributed by atoms with van der Waals surface area (Å²) in [5.41, 5.74) is 0. The van der Waals surface area contributed by atoms with Gasteiger partial charge in [-0.15, -0.1) is 0 Å². The van der Waals surface area contributed by atoms with E-state index in [1.807, 2.05) is 0 Å². The van der Waals surface area contributed by atoms with Crippen molar-refractivity contribution in [1.82, 2.24) is 0 Å². The van der Waals surface area contributed by atoms with Gasteiger partial charge in [0.05, 0.1) is 6.54 Å². The Kier molecular flexibility index (Phi) is 5.95. The molecule has 0 saturated carbocycles. The number of hydrogen-bond donors (Lipinski definition) is 0. The second kappa shape index (κ2) is 6.15. The fourth-order valence-electron chi connectivity index (χ4n) is 1.30. The molecule has 0 aliphatic carbocycles. The highest BCUT2D eigenvalue weighted by Crippen LogP contribution is 2.21. The number of nitroso groups, excluding NO2 is 1. The van der Waals surface area contributed by atoms with E-state index in [9.17, 15) is 4.91 Å². The summed E-state index contributed by atoms with van der Waals surface area (Å²) in [5, 5.41) is 2.88. The van der Waals surface area contributed by atoms with Crippen molar-refractivity contribution < 1.29 is 0 Å². The zero-order valence-corrected chi connectivity index (χ0v) is 8.71. The molecule has 0 saturated heterocycles. The summed E-state index contributed by atoms with van der Waals surface area (Å²) < 4.78 is 0. The smallest absolute Gasteiger partial charge is 0.0813 e. The second-order valence-electron chi connectivity index (χ2n) is 4.20. The van der Waals surface area contributed by atoms with Crippen LogP contribution >= 0.6 is 0 Å². The summed E-state index contributed by atoms with van der Waals surface area (Å²) in [6, 6.07) is 0. The molecule has 0 aromatic heterocycles. The van der Waals surface area contributed by atoms with Crippen LogP contribution in [0.5, 0.6) is 0 Å². The lowest BCUT2D eigenvalue weighted by Gasteiger charge is -2.19. The van der Waals surface area contributed by atoms with E-state index in [-0.39, 0.29) is 0 Å². The van der Waals surface area contributed by atoms with Crippen molar-refractivity contribution in [3.63, 3.8) is 0 Å². The van der Waals surface area contributed by atoms with Crippen molar-refractivity contribution in [2.24, 2.45) is 22.9 Å². The molecular formula is C10H21NO. The van der Waals surface area contributed by atoms with E-state index < -0.39 is 0 Å². The first-order valence-electron chi connectivity index (χ1n) is 4.87. The Morgan fingerprint density at radius 3 is 2.17 bits per heavy atom. The van der Waals surface area contributed by atoms with Crippen LogP contribution in [0.3, 0.4) is 0 Å². The van der Waals surface area contributed by atoms with E-state index in [1.165, 1.54) is 6.42 Å². The molecule has 2 unspecified atom stereocenters. The third-order valence-electron chi connectivity index (χ3n) is 2.63. The molecule has 0 aromatic rings. The lowest BCUT2D eigenvalue weighted by atomic mass is 9.87. The molecule has 0 aromatic carbocycles. The SMILES string of the molecule is CC(CCN=O)CC(C)C(C)C. The maximum atomic E-state index is 9.88. The molecule has 2 nitrogen and oxygen atoms in total. The van der Waals surface area contributed by atoms with Crippen LogP contribution < -0.4 is 0 Å². The lowest BCUT2D eigenvalue weighted by molar-refractivity contribution is 0.323. The molecule has 0 N–H and O–H groups in total. The first kappa shape index (κ1) is 11.6. The normalized spacial score (nSPS) is 16.1. The van der Waals surface area contributed by atoms with Crippen molar-refractivity contribution in [1.29, 1.82) is 0 Å². The molecule has 2 atom stereocenters. The standard InChI is InChI=1S/C10H21NO/c1-8(2)10(4)7-9(3)5-6-11-12/h8-10H,5-7H2,1-4H3. The Bertz CT molecular complexity index is 123. The molecule has 0 heterocycles. The van der Waals surface area contributed by atoms with Crippen LogP contribution in [0.2, 0.25) is 0 Å². The number of rotatable bonds is 6. The summed E-state index contributed by atoms with van der Waals surface area (Å²) in [6.07, 6.45) is 2.16. The van der Waals surface area contributed by atoms with Crippen LogP contribution in [0.25, 0.3) is 0 Å². The monoisotopic (exact) mass is 171 g/mol. The zero-order valence-electron chi connectivity index (χ0n) is 8.71. The number of hydrogen-bond acceptors (Lipinski definition) is 2. The van der Waals surface area contributed by atoms with Gasteiger partial charge in [0.1, 0.15) is 0 Å². The fraction of sp³-hybridized carbons (Fsp3) is 1.00. The van der Waals surface area contributed by atoms with Crippen molar-refractivity contribution >= 4 is 0 Å². The highest BCUT2D eigenvalue weighted by atomic mass is 16.3. The Morgan fingerprint density at radius 1 is 1.17 bits per heavy atom. The predicted molar refractivity (Wildman–Crippen MR) is 53.1 cm³/mol. The van der Waals surface area contributed by atoms with Gasteiger partial charge in [-0.1, -0.05) is 32.9 Å².